The molecular weight excluding hydrogens is 300 g/mol. The number of carbonyl (C=O) groups is 2. The van der Waals surface area contributed by atoms with Crippen molar-refractivity contribution >= 4 is 23.7 Å². The monoisotopic (exact) mass is 322 g/mol. The lowest BCUT2D eigenvalue weighted by molar-refractivity contribution is -0.139. The molecule has 0 aromatic heterocycles. The van der Waals surface area contributed by atoms with E-state index in [-0.39, 0.29) is 11.1 Å². The van der Waals surface area contributed by atoms with Gasteiger partial charge in [-0.05, 0) is 56.9 Å². The van der Waals surface area contributed by atoms with Crippen molar-refractivity contribution in [2.24, 2.45) is 0 Å². The van der Waals surface area contributed by atoms with E-state index < -0.39 is 0 Å². The molecule has 1 rings (SSSR count). The van der Waals surface area contributed by atoms with Gasteiger partial charge in [-0.1, -0.05) is 6.58 Å². The Morgan fingerprint density at radius 1 is 1.05 bits per heavy atom. The maximum atomic E-state index is 11.1. The topological polar surface area (TPSA) is 52.6 Å². The first-order valence-corrected chi connectivity index (χ1v) is 7.74. The average molecular weight is 322 g/mol. The molecule has 1 aromatic carbocycles. The lowest BCUT2D eigenvalue weighted by Gasteiger charge is -2.07. The summed E-state index contributed by atoms with van der Waals surface area (Å²) in [6.45, 7) is 6.22. The van der Waals surface area contributed by atoms with Gasteiger partial charge < -0.3 is 9.47 Å². The van der Waals surface area contributed by atoms with Gasteiger partial charge in [0.15, 0.2) is 0 Å². The predicted molar refractivity (Wildman–Crippen MR) is 89.5 cm³/mol. The van der Waals surface area contributed by atoms with E-state index in [0.717, 1.165) is 31.4 Å². The van der Waals surface area contributed by atoms with Crippen LogP contribution in [0.25, 0.3) is 0 Å². The molecular formula is C17H22O4S. The minimum atomic E-state index is -0.327. The molecule has 4 nitrogen and oxygen atoms in total. The van der Waals surface area contributed by atoms with Gasteiger partial charge in [0.25, 0.3) is 0 Å². The SMILES string of the molecule is C=C(C)C(=O)OCCCCCCOc1ccc(C(=O)S)cc1. The van der Waals surface area contributed by atoms with Gasteiger partial charge in [-0.3, -0.25) is 4.79 Å². The highest BCUT2D eigenvalue weighted by molar-refractivity contribution is 7.97. The Labute approximate surface area is 136 Å². The number of hydrogen-bond donors (Lipinski definition) is 1. The van der Waals surface area contributed by atoms with E-state index in [0.29, 0.717) is 24.4 Å². The summed E-state index contributed by atoms with van der Waals surface area (Å²) in [6, 6.07) is 6.92. The van der Waals surface area contributed by atoms with Crippen LogP contribution in [0.4, 0.5) is 0 Å². The van der Waals surface area contributed by atoms with Crippen LogP contribution in [0.1, 0.15) is 43.0 Å². The predicted octanol–water partition coefficient (Wildman–Crippen LogP) is 3.82. The molecule has 0 amide bonds. The van der Waals surface area contributed by atoms with Gasteiger partial charge in [0.1, 0.15) is 5.75 Å². The fraction of sp³-hybridized carbons (Fsp3) is 0.412. The molecule has 120 valence electrons. The maximum Gasteiger partial charge on any atom is 0.333 e. The largest absolute Gasteiger partial charge is 0.494 e. The van der Waals surface area contributed by atoms with E-state index in [1.54, 1.807) is 31.2 Å². The third-order valence-electron chi connectivity index (χ3n) is 2.99. The molecule has 5 heteroatoms. The van der Waals surface area contributed by atoms with Crippen LogP contribution < -0.4 is 4.74 Å². The van der Waals surface area contributed by atoms with Gasteiger partial charge in [0.2, 0.25) is 5.12 Å². The molecule has 0 aliphatic rings. The molecule has 0 saturated carbocycles. The van der Waals surface area contributed by atoms with Crippen molar-refractivity contribution in [3.63, 3.8) is 0 Å². The van der Waals surface area contributed by atoms with E-state index in [2.05, 4.69) is 19.2 Å². The molecule has 0 aliphatic carbocycles. The number of esters is 1. The van der Waals surface area contributed by atoms with Gasteiger partial charge in [-0.15, -0.1) is 12.6 Å². The average Bonchev–Trinajstić information content (AvgIpc) is 2.50. The quantitative estimate of drug-likeness (QED) is 0.308. The molecule has 0 spiro atoms. The van der Waals surface area contributed by atoms with E-state index >= 15 is 0 Å². The molecule has 0 saturated heterocycles. The summed E-state index contributed by atoms with van der Waals surface area (Å²) in [5.74, 6) is 0.417. The third-order valence-corrected chi connectivity index (χ3v) is 3.25. The normalized spacial score (nSPS) is 10.1. The highest BCUT2D eigenvalue weighted by Gasteiger charge is 2.02. The van der Waals surface area contributed by atoms with E-state index in [4.69, 9.17) is 9.47 Å². The molecule has 0 fully saturated rings. The first kappa shape index (κ1) is 18.3. The Bertz CT molecular complexity index is 508. The first-order valence-electron chi connectivity index (χ1n) is 7.29. The van der Waals surface area contributed by atoms with Crippen LogP contribution in [-0.2, 0) is 9.53 Å². The highest BCUT2D eigenvalue weighted by Crippen LogP contribution is 2.14. The standard InChI is InChI=1S/C17H22O4S/c1-13(2)16(18)21-12-6-4-3-5-11-20-15-9-7-14(8-10-15)17(19)22/h7-10H,1,3-6,11-12H2,2H3,(H,19,22). The Kier molecular flexibility index (Phi) is 8.36. The van der Waals surface area contributed by atoms with Crippen molar-refractivity contribution in [1.82, 2.24) is 0 Å². The summed E-state index contributed by atoms with van der Waals surface area (Å²) in [7, 11) is 0. The second kappa shape index (κ2) is 10.1. The molecule has 0 unspecified atom stereocenters. The van der Waals surface area contributed by atoms with Crippen LogP contribution in [0, 0.1) is 0 Å². The van der Waals surface area contributed by atoms with Crippen LogP contribution in [0.5, 0.6) is 5.75 Å². The minimum absolute atomic E-state index is 0.251. The summed E-state index contributed by atoms with van der Waals surface area (Å²) < 4.78 is 10.6. The zero-order chi connectivity index (χ0) is 16.4. The summed E-state index contributed by atoms with van der Waals surface area (Å²) in [5, 5.41) is -0.251. The first-order chi connectivity index (χ1) is 10.5. The Morgan fingerprint density at radius 2 is 1.64 bits per heavy atom. The lowest BCUT2D eigenvalue weighted by atomic mass is 10.2. The highest BCUT2D eigenvalue weighted by atomic mass is 32.1. The van der Waals surface area contributed by atoms with Gasteiger partial charge >= 0.3 is 5.97 Å². The number of rotatable bonds is 10. The maximum absolute atomic E-state index is 11.1. The second-order valence-electron chi connectivity index (χ2n) is 5.01. The smallest absolute Gasteiger partial charge is 0.333 e. The Morgan fingerprint density at radius 3 is 2.18 bits per heavy atom. The summed E-state index contributed by atoms with van der Waals surface area (Å²) in [6.07, 6.45) is 3.78. The van der Waals surface area contributed by atoms with Crippen LogP contribution in [-0.4, -0.2) is 24.3 Å². The van der Waals surface area contributed by atoms with Crippen molar-refractivity contribution in [2.75, 3.05) is 13.2 Å². The molecule has 0 aliphatic heterocycles. The second-order valence-corrected chi connectivity index (χ2v) is 5.41. The Balaban J connectivity index is 2.05. The zero-order valence-electron chi connectivity index (χ0n) is 12.8. The summed E-state index contributed by atoms with van der Waals surface area (Å²) >= 11 is 3.76. The van der Waals surface area contributed by atoms with E-state index in [9.17, 15) is 9.59 Å². The molecule has 1 aromatic rings. The molecule has 0 radical (unpaired) electrons. The van der Waals surface area contributed by atoms with Crippen LogP contribution in [0.15, 0.2) is 36.4 Å². The molecule has 0 N–H and O–H groups in total. The number of benzene rings is 1. The minimum Gasteiger partial charge on any atom is -0.494 e. The van der Waals surface area contributed by atoms with Gasteiger partial charge in [0, 0.05) is 11.1 Å². The number of hydrogen-bond acceptors (Lipinski definition) is 4. The number of unbranched alkanes of at least 4 members (excludes halogenated alkanes) is 3. The summed E-state index contributed by atoms with van der Waals surface area (Å²) in [4.78, 5) is 22.1. The lowest BCUT2D eigenvalue weighted by Crippen LogP contribution is -2.06. The molecule has 0 bridgehead atoms. The number of carbonyl (C=O) groups excluding carboxylic acids is 2. The van der Waals surface area contributed by atoms with Crippen LogP contribution in [0.2, 0.25) is 0 Å². The van der Waals surface area contributed by atoms with Gasteiger partial charge in [-0.2, -0.15) is 0 Å². The van der Waals surface area contributed by atoms with Crippen LogP contribution in [0.3, 0.4) is 0 Å². The van der Waals surface area contributed by atoms with Crippen LogP contribution >= 0.6 is 12.6 Å². The fourth-order valence-corrected chi connectivity index (χ4v) is 1.88. The van der Waals surface area contributed by atoms with Gasteiger partial charge in [0.05, 0.1) is 13.2 Å². The Hall–Kier alpha value is -1.75. The van der Waals surface area contributed by atoms with Crippen molar-refractivity contribution in [2.45, 2.75) is 32.6 Å². The fourth-order valence-electron chi connectivity index (χ4n) is 1.73. The van der Waals surface area contributed by atoms with Crippen molar-refractivity contribution in [3.05, 3.63) is 42.0 Å². The van der Waals surface area contributed by atoms with Crippen molar-refractivity contribution in [1.29, 1.82) is 0 Å². The third kappa shape index (κ3) is 7.31. The van der Waals surface area contributed by atoms with E-state index in [1.165, 1.54) is 0 Å². The van der Waals surface area contributed by atoms with Crippen molar-refractivity contribution < 1.29 is 19.1 Å². The van der Waals surface area contributed by atoms with Gasteiger partial charge in [-0.25, -0.2) is 4.79 Å². The number of thiol groups is 1. The summed E-state index contributed by atoms with van der Waals surface area (Å²) in [5.41, 5.74) is 0.985. The number of ether oxygens (including phenoxy) is 2. The molecule has 0 heterocycles. The zero-order valence-corrected chi connectivity index (χ0v) is 13.7. The molecule has 22 heavy (non-hydrogen) atoms. The van der Waals surface area contributed by atoms with E-state index in [1.807, 2.05) is 0 Å². The molecule has 0 atom stereocenters. The van der Waals surface area contributed by atoms with Crippen molar-refractivity contribution in [3.8, 4) is 5.75 Å².